The number of hydrogen-bond donors (Lipinski definition) is 2. The summed E-state index contributed by atoms with van der Waals surface area (Å²) >= 11 is 0. The Morgan fingerprint density at radius 3 is 2.38 bits per heavy atom. The first-order valence-electron chi connectivity index (χ1n) is 7.74. The van der Waals surface area contributed by atoms with Crippen molar-refractivity contribution in [2.45, 2.75) is 57.0 Å². The first-order chi connectivity index (χ1) is 11.1. The molecular weight excluding hydrogens is 349 g/mol. The monoisotopic (exact) mass is 370 g/mol. The van der Waals surface area contributed by atoms with E-state index in [0.29, 0.717) is 19.4 Å². The molecule has 0 radical (unpaired) electrons. The first-order valence-corrected chi connectivity index (χ1v) is 9.28. The van der Waals surface area contributed by atoms with Gasteiger partial charge < -0.3 is 9.84 Å². The smallest absolute Gasteiger partial charge is 0.335 e. The van der Waals surface area contributed by atoms with Crippen molar-refractivity contribution in [2.75, 3.05) is 11.9 Å². The summed E-state index contributed by atoms with van der Waals surface area (Å²) in [5.41, 5.74) is 0. The molecule has 0 amide bonds. The van der Waals surface area contributed by atoms with Gasteiger partial charge in [0.1, 0.15) is 0 Å². The van der Waals surface area contributed by atoms with Crippen LogP contribution in [0.25, 0.3) is 0 Å². The molecule has 1 aromatic rings. The Labute approximate surface area is 138 Å². The van der Waals surface area contributed by atoms with Gasteiger partial charge in [-0.1, -0.05) is 0 Å². The third kappa shape index (κ3) is 5.07. The number of alkyl halides is 3. The molecule has 2 rings (SSSR count). The van der Waals surface area contributed by atoms with Gasteiger partial charge in [-0.25, -0.2) is 13.1 Å². The molecule has 2 N–H and O–H groups in total. The summed E-state index contributed by atoms with van der Waals surface area (Å²) in [7, 11) is -3.28. The molecule has 1 fully saturated rings. The summed E-state index contributed by atoms with van der Waals surface area (Å²) < 4.78 is 67.8. The Balaban J connectivity index is 1.78. The second-order valence-corrected chi connectivity index (χ2v) is 8.55. The van der Waals surface area contributed by atoms with E-state index in [0.717, 1.165) is 12.8 Å². The van der Waals surface area contributed by atoms with Crippen molar-refractivity contribution in [3.05, 3.63) is 5.82 Å². The van der Waals surface area contributed by atoms with Gasteiger partial charge in [-0.05, 0) is 50.6 Å². The predicted molar refractivity (Wildman–Crippen MR) is 80.7 cm³/mol. The number of sulfonamides is 1. The van der Waals surface area contributed by atoms with Crippen LogP contribution in [0.5, 0.6) is 0 Å². The Morgan fingerprint density at radius 2 is 1.88 bits per heavy atom. The molecule has 138 valence electrons. The second kappa shape index (κ2) is 7.26. The van der Waals surface area contributed by atoms with E-state index in [1.165, 1.54) is 0 Å². The molecule has 0 unspecified atom stereocenters. The largest absolute Gasteiger partial charge is 0.455 e. The van der Waals surface area contributed by atoms with Gasteiger partial charge in [-0.2, -0.15) is 18.2 Å². The zero-order valence-corrected chi connectivity index (χ0v) is 14.2. The molecule has 24 heavy (non-hydrogen) atoms. The minimum Gasteiger partial charge on any atom is -0.335 e. The van der Waals surface area contributed by atoms with E-state index < -0.39 is 27.3 Å². The molecule has 1 aromatic heterocycles. The molecule has 1 saturated carbocycles. The molecule has 0 spiro atoms. The van der Waals surface area contributed by atoms with Gasteiger partial charge in [0.2, 0.25) is 10.0 Å². The van der Waals surface area contributed by atoms with E-state index in [2.05, 4.69) is 24.7 Å². The highest BCUT2D eigenvalue weighted by Crippen LogP contribution is 2.29. The van der Waals surface area contributed by atoms with Gasteiger partial charge in [-0.3, -0.25) is 0 Å². The van der Waals surface area contributed by atoms with Crippen LogP contribution in [0.2, 0.25) is 0 Å². The number of hydrogen-bond acceptors (Lipinski definition) is 6. The molecule has 0 atom stereocenters. The Morgan fingerprint density at radius 1 is 1.25 bits per heavy atom. The fourth-order valence-electron chi connectivity index (χ4n) is 2.48. The van der Waals surface area contributed by atoms with Gasteiger partial charge in [0.05, 0.1) is 5.25 Å². The van der Waals surface area contributed by atoms with Crippen LogP contribution in [-0.4, -0.2) is 36.4 Å². The van der Waals surface area contributed by atoms with E-state index in [9.17, 15) is 21.6 Å². The molecule has 0 aliphatic heterocycles. The highest BCUT2D eigenvalue weighted by molar-refractivity contribution is 7.90. The summed E-state index contributed by atoms with van der Waals surface area (Å²) in [6.45, 7) is 3.61. The fourth-order valence-corrected chi connectivity index (χ4v) is 3.28. The molecule has 0 bridgehead atoms. The van der Waals surface area contributed by atoms with Crippen molar-refractivity contribution in [2.24, 2.45) is 5.92 Å². The lowest BCUT2D eigenvalue weighted by molar-refractivity contribution is -0.146. The lowest BCUT2D eigenvalue weighted by Gasteiger charge is -2.28. The van der Waals surface area contributed by atoms with Gasteiger partial charge in [0.25, 0.3) is 5.82 Å². The normalized spacial score (nSPS) is 22.8. The molecule has 7 nitrogen and oxygen atoms in total. The SMILES string of the molecule is CC(C)S(=O)(=O)NC[C@H]1CC[C@H](Nc2nc(C(F)(F)F)no2)CC1. The lowest BCUT2D eigenvalue weighted by Crippen LogP contribution is -2.37. The number of nitrogens with zero attached hydrogens (tertiary/aromatic N) is 2. The van der Waals surface area contributed by atoms with Crippen molar-refractivity contribution in [1.29, 1.82) is 0 Å². The van der Waals surface area contributed by atoms with E-state index >= 15 is 0 Å². The van der Waals surface area contributed by atoms with E-state index in [-0.39, 0.29) is 18.0 Å². The molecule has 11 heteroatoms. The van der Waals surface area contributed by atoms with Crippen molar-refractivity contribution in [3.63, 3.8) is 0 Å². The van der Waals surface area contributed by atoms with Crippen molar-refractivity contribution >= 4 is 16.0 Å². The highest BCUT2D eigenvalue weighted by Gasteiger charge is 2.37. The summed E-state index contributed by atoms with van der Waals surface area (Å²) in [5, 5.41) is 5.22. The summed E-state index contributed by atoms with van der Waals surface area (Å²) in [4.78, 5) is 3.28. The molecule has 1 aliphatic carbocycles. The number of rotatable bonds is 6. The minimum atomic E-state index is -4.63. The van der Waals surface area contributed by atoms with Crippen LogP contribution in [0.1, 0.15) is 45.4 Å². The highest BCUT2D eigenvalue weighted by atomic mass is 32.2. The van der Waals surface area contributed by atoms with Crippen molar-refractivity contribution in [3.8, 4) is 0 Å². The summed E-state index contributed by atoms with van der Waals surface area (Å²) in [6.07, 6.45) is -1.72. The fraction of sp³-hybridized carbons (Fsp3) is 0.846. The zero-order valence-electron chi connectivity index (χ0n) is 13.4. The Hall–Kier alpha value is -1.36. The number of halogens is 3. The van der Waals surface area contributed by atoms with Crippen LogP contribution in [0.4, 0.5) is 19.2 Å². The topological polar surface area (TPSA) is 97.1 Å². The quantitative estimate of drug-likeness (QED) is 0.798. The average Bonchev–Trinajstić information content (AvgIpc) is 2.95. The van der Waals surface area contributed by atoms with Gasteiger partial charge in [-0.15, -0.1) is 0 Å². The first kappa shape index (κ1) is 19.0. The number of aromatic nitrogens is 2. The van der Waals surface area contributed by atoms with Crippen LogP contribution < -0.4 is 10.0 Å². The predicted octanol–water partition coefficient (Wildman–Crippen LogP) is 2.39. The van der Waals surface area contributed by atoms with Crippen LogP contribution >= 0.6 is 0 Å². The maximum Gasteiger partial charge on any atom is 0.455 e. The maximum atomic E-state index is 12.4. The van der Waals surface area contributed by atoms with Crippen molar-refractivity contribution < 1.29 is 26.1 Å². The van der Waals surface area contributed by atoms with Crippen LogP contribution in [0, 0.1) is 5.92 Å². The molecular formula is C13H21F3N4O3S. The van der Waals surface area contributed by atoms with Crippen LogP contribution in [0.15, 0.2) is 4.52 Å². The van der Waals surface area contributed by atoms with Crippen LogP contribution in [0.3, 0.4) is 0 Å². The summed E-state index contributed by atoms with van der Waals surface area (Å²) in [5.74, 6) is -1.09. The van der Waals surface area contributed by atoms with Crippen LogP contribution in [-0.2, 0) is 16.2 Å². The van der Waals surface area contributed by atoms with Gasteiger partial charge in [0.15, 0.2) is 0 Å². The van der Waals surface area contributed by atoms with Crippen molar-refractivity contribution in [1.82, 2.24) is 14.9 Å². The van der Waals surface area contributed by atoms with Gasteiger partial charge >= 0.3 is 12.2 Å². The van der Waals surface area contributed by atoms with E-state index in [1.807, 2.05) is 0 Å². The Bertz CT molecular complexity index is 637. The lowest BCUT2D eigenvalue weighted by atomic mass is 9.86. The molecule has 1 heterocycles. The molecule has 0 aromatic carbocycles. The summed E-state index contributed by atoms with van der Waals surface area (Å²) in [6, 6.07) is -0.309. The third-order valence-corrected chi connectivity index (χ3v) is 5.86. The zero-order chi connectivity index (χ0) is 18.0. The number of anilines is 1. The third-order valence-electron chi connectivity index (χ3n) is 4.05. The minimum absolute atomic E-state index is 0.0653. The molecule has 0 saturated heterocycles. The van der Waals surface area contributed by atoms with Gasteiger partial charge in [0, 0.05) is 12.6 Å². The number of nitrogens with one attached hydrogen (secondary N) is 2. The average molecular weight is 370 g/mol. The van der Waals surface area contributed by atoms with E-state index in [1.54, 1.807) is 13.8 Å². The Kier molecular flexibility index (Phi) is 5.74. The van der Waals surface area contributed by atoms with E-state index in [4.69, 9.17) is 0 Å². The molecule has 1 aliphatic rings. The maximum absolute atomic E-state index is 12.4. The standard InChI is InChI=1S/C13H21F3N4O3S/c1-8(2)24(21,22)17-7-9-3-5-10(6-4-9)18-12-19-11(20-23-12)13(14,15)16/h8-10,17H,3-7H2,1-2H3,(H,18,19,20)/t9-,10-. The second-order valence-electron chi connectivity index (χ2n) is 6.23.